The first-order valence-corrected chi connectivity index (χ1v) is 4.23. The van der Waals surface area contributed by atoms with Crippen LogP contribution in [0.15, 0.2) is 30.3 Å². The molecule has 1 atom stereocenters. The van der Waals surface area contributed by atoms with Crippen molar-refractivity contribution in [2.45, 2.75) is 13.1 Å². The molecule has 4 nitrogen and oxygen atoms in total. The number of nitrogens with two attached hydrogens (primary N) is 1. The average molecular weight is 192 g/mol. The van der Waals surface area contributed by atoms with Gasteiger partial charge >= 0.3 is 0 Å². The number of hydrogen-bond donors (Lipinski definition) is 2. The minimum absolute atomic E-state index is 0.291. The van der Waals surface area contributed by atoms with E-state index in [-0.39, 0.29) is 11.7 Å². The molecule has 0 heterocycles. The highest BCUT2D eigenvalue weighted by molar-refractivity contribution is 6.01. The number of benzene rings is 1. The Morgan fingerprint density at radius 2 is 1.86 bits per heavy atom. The lowest BCUT2D eigenvalue weighted by molar-refractivity contribution is -0.119. The fourth-order valence-electron chi connectivity index (χ4n) is 1.07. The zero-order valence-electron chi connectivity index (χ0n) is 7.86. The Labute approximate surface area is 82.1 Å². The molecule has 1 aromatic carbocycles. The molecule has 1 rings (SSSR count). The maximum Gasteiger partial charge on any atom is 0.218 e. The van der Waals surface area contributed by atoms with E-state index >= 15 is 0 Å². The highest BCUT2D eigenvalue weighted by Crippen LogP contribution is 2.00. The molecule has 3 N–H and O–H groups in total. The van der Waals surface area contributed by atoms with Crippen LogP contribution in [0, 0.1) is 0 Å². The summed E-state index contributed by atoms with van der Waals surface area (Å²) < 4.78 is 0. The van der Waals surface area contributed by atoms with Crippen LogP contribution in [0.25, 0.3) is 0 Å². The molecule has 0 bridgehead atoms. The second-order valence-corrected chi connectivity index (χ2v) is 2.91. The smallest absolute Gasteiger partial charge is 0.218 e. The third-order valence-electron chi connectivity index (χ3n) is 1.70. The third-order valence-corrected chi connectivity index (χ3v) is 1.70. The molecule has 0 saturated heterocycles. The van der Waals surface area contributed by atoms with Crippen molar-refractivity contribution in [2.24, 2.45) is 5.73 Å². The number of rotatable bonds is 3. The van der Waals surface area contributed by atoms with E-state index in [4.69, 9.17) is 5.73 Å². The molecule has 0 aliphatic rings. The zero-order valence-corrected chi connectivity index (χ0v) is 7.86. The van der Waals surface area contributed by atoms with Crippen LogP contribution in [0.3, 0.4) is 0 Å². The van der Waals surface area contributed by atoms with Crippen molar-refractivity contribution in [3.05, 3.63) is 35.9 Å². The van der Waals surface area contributed by atoms with Gasteiger partial charge < -0.3 is 11.1 Å². The summed E-state index contributed by atoms with van der Waals surface area (Å²) in [4.78, 5) is 22.2. The fraction of sp³-hybridized carbons (Fsp3) is 0.200. The van der Waals surface area contributed by atoms with E-state index in [1.54, 1.807) is 30.3 Å². The van der Waals surface area contributed by atoms with Crippen LogP contribution in [0.1, 0.15) is 17.3 Å². The first-order chi connectivity index (χ1) is 6.61. The molecule has 74 valence electrons. The van der Waals surface area contributed by atoms with Gasteiger partial charge in [-0.25, -0.2) is 0 Å². The van der Waals surface area contributed by atoms with E-state index < -0.39 is 6.17 Å². The number of carbonyl (C=O) groups is 2. The lowest BCUT2D eigenvalue weighted by Crippen LogP contribution is -2.46. The Morgan fingerprint density at radius 1 is 1.29 bits per heavy atom. The van der Waals surface area contributed by atoms with Crippen molar-refractivity contribution < 1.29 is 9.59 Å². The standard InChI is InChI=1S/C10H12N2O2/c1-7(13)12-10(11)9(14)8-5-3-2-4-6-8/h2-6,10H,11H2,1H3,(H,12,13). The maximum absolute atomic E-state index is 11.5. The maximum atomic E-state index is 11.5. The van der Waals surface area contributed by atoms with Gasteiger partial charge in [0.05, 0.1) is 0 Å². The number of hydrogen-bond acceptors (Lipinski definition) is 3. The molecular weight excluding hydrogens is 180 g/mol. The van der Waals surface area contributed by atoms with Gasteiger partial charge in [0.15, 0.2) is 5.78 Å². The normalized spacial score (nSPS) is 11.9. The monoisotopic (exact) mass is 192 g/mol. The minimum atomic E-state index is -0.963. The molecule has 1 unspecified atom stereocenters. The molecule has 0 spiro atoms. The van der Waals surface area contributed by atoms with Gasteiger partial charge in [0.2, 0.25) is 5.91 Å². The molecule has 0 fully saturated rings. The van der Waals surface area contributed by atoms with Crippen molar-refractivity contribution in [1.29, 1.82) is 0 Å². The Hall–Kier alpha value is -1.68. The van der Waals surface area contributed by atoms with Crippen LogP contribution in [0.5, 0.6) is 0 Å². The summed E-state index contributed by atoms with van der Waals surface area (Å²) in [5.74, 6) is -0.609. The molecular formula is C10H12N2O2. The van der Waals surface area contributed by atoms with Crippen molar-refractivity contribution >= 4 is 11.7 Å². The molecule has 0 aliphatic heterocycles. The van der Waals surface area contributed by atoms with Gasteiger partial charge in [0.1, 0.15) is 6.17 Å². The van der Waals surface area contributed by atoms with E-state index in [1.165, 1.54) is 6.92 Å². The van der Waals surface area contributed by atoms with Gasteiger partial charge in [-0.15, -0.1) is 0 Å². The van der Waals surface area contributed by atoms with E-state index in [9.17, 15) is 9.59 Å². The summed E-state index contributed by atoms with van der Waals surface area (Å²) >= 11 is 0. The van der Waals surface area contributed by atoms with Crippen LogP contribution in [-0.4, -0.2) is 17.9 Å². The second-order valence-electron chi connectivity index (χ2n) is 2.91. The molecule has 0 saturated carbocycles. The largest absolute Gasteiger partial charge is 0.334 e. The molecule has 0 radical (unpaired) electrons. The number of ketones is 1. The highest BCUT2D eigenvalue weighted by Gasteiger charge is 2.15. The first kappa shape index (κ1) is 10.4. The van der Waals surface area contributed by atoms with Gasteiger partial charge in [-0.2, -0.15) is 0 Å². The molecule has 1 aromatic rings. The Kier molecular flexibility index (Phi) is 3.36. The average Bonchev–Trinajstić information content (AvgIpc) is 2.17. The van der Waals surface area contributed by atoms with Gasteiger partial charge in [0, 0.05) is 12.5 Å². The van der Waals surface area contributed by atoms with E-state index in [0.29, 0.717) is 5.56 Å². The molecule has 0 aromatic heterocycles. The third kappa shape index (κ3) is 2.67. The first-order valence-electron chi connectivity index (χ1n) is 4.23. The topological polar surface area (TPSA) is 72.2 Å². The SMILES string of the molecule is CC(=O)NC(N)C(=O)c1ccccc1. The predicted octanol–water partition coefficient (Wildman–Crippen LogP) is 0.290. The van der Waals surface area contributed by atoms with Crippen molar-refractivity contribution in [2.75, 3.05) is 0 Å². The number of Topliss-reactive ketones (excluding diaryl/α,β-unsaturated/α-hetero) is 1. The van der Waals surface area contributed by atoms with Gasteiger partial charge in [-0.1, -0.05) is 30.3 Å². The number of amides is 1. The fourth-order valence-corrected chi connectivity index (χ4v) is 1.07. The van der Waals surface area contributed by atoms with Crippen molar-refractivity contribution in [3.63, 3.8) is 0 Å². The van der Waals surface area contributed by atoms with Crippen LogP contribution >= 0.6 is 0 Å². The summed E-state index contributed by atoms with van der Waals surface area (Å²) in [5.41, 5.74) is 5.96. The Morgan fingerprint density at radius 3 is 2.36 bits per heavy atom. The summed E-state index contributed by atoms with van der Waals surface area (Å²) in [6, 6.07) is 8.61. The van der Waals surface area contributed by atoms with E-state index in [0.717, 1.165) is 0 Å². The van der Waals surface area contributed by atoms with Gasteiger partial charge in [-0.05, 0) is 0 Å². The summed E-state index contributed by atoms with van der Waals surface area (Å²) in [5, 5.41) is 2.33. The second kappa shape index (κ2) is 4.53. The summed E-state index contributed by atoms with van der Waals surface area (Å²) in [6.07, 6.45) is -0.963. The van der Waals surface area contributed by atoms with Crippen molar-refractivity contribution in [1.82, 2.24) is 5.32 Å². The van der Waals surface area contributed by atoms with Crippen LogP contribution in [0.4, 0.5) is 0 Å². The molecule has 0 aliphatic carbocycles. The van der Waals surface area contributed by atoms with Crippen LogP contribution < -0.4 is 11.1 Å². The van der Waals surface area contributed by atoms with E-state index in [1.807, 2.05) is 0 Å². The summed E-state index contributed by atoms with van der Waals surface area (Å²) in [7, 11) is 0. The Bertz CT molecular complexity index is 335. The lowest BCUT2D eigenvalue weighted by atomic mass is 10.1. The van der Waals surface area contributed by atoms with Crippen molar-refractivity contribution in [3.8, 4) is 0 Å². The van der Waals surface area contributed by atoms with Crippen LogP contribution in [0.2, 0.25) is 0 Å². The van der Waals surface area contributed by atoms with Gasteiger partial charge in [-0.3, -0.25) is 9.59 Å². The molecule has 14 heavy (non-hydrogen) atoms. The summed E-state index contributed by atoms with van der Waals surface area (Å²) in [6.45, 7) is 1.32. The molecule has 1 amide bonds. The number of nitrogens with one attached hydrogen (secondary N) is 1. The quantitative estimate of drug-likeness (QED) is 0.534. The van der Waals surface area contributed by atoms with Crippen LogP contribution in [-0.2, 0) is 4.79 Å². The zero-order chi connectivity index (χ0) is 10.6. The molecule has 4 heteroatoms. The Balaban J connectivity index is 2.71. The predicted molar refractivity (Wildman–Crippen MR) is 52.6 cm³/mol. The lowest BCUT2D eigenvalue weighted by Gasteiger charge is -2.10. The van der Waals surface area contributed by atoms with Gasteiger partial charge in [0.25, 0.3) is 0 Å². The highest BCUT2D eigenvalue weighted by atomic mass is 16.2. The number of carbonyl (C=O) groups excluding carboxylic acids is 2. The minimum Gasteiger partial charge on any atom is -0.334 e. The van der Waals surface area contributed by atoms with E-state index in [2.05, 4.69) is 5.32 Å².